The molecule has 1 amide bonds. The zero-order valence-electron chi connectivity index (χ0n) is 18.8. The summed E-state index contributed by atoms with van der Waals surface area (Å²) in [6.07, 6.45) is -0.564. The van der Waals surface area contributed by atoms with Crippen LogP contribution in [0.1, 0.15) is 36.5 Å². The van der Waals surface area contributed by atoms with Gasteiger partial charge in [-0.2, -0.15) is 0 Å². The van der Waals surface area contributed by atoms with Gasteiger partial charge in [0.1, 0.15) is 6.04 Å². The van der Waals surface area contributed by atoms with Crippen molar-refractivity contribution in [2.24, 2.45) is 0 Å². The summed E-state index contributed by atoms with van der Waals surface area (Å²) in [5.74, 6) is -2.94. The van der Waals surface area contributed by atoms with Gasteiger partial charge in [-0.1, -0.05) is 91.0 Å². The van der Waals surface area contributed by atoms with E-state index in [2.05, 4.69) is 10.6 Å². The zero-order valence-corrected chi connectivity index (χ0v) is 18.8. The van der Waals surface area contributed by atoms with E-state index in [9.17, 15) is 19.5 Å². The Balaban J connectivity index is 2.01. The minimum absolute atomic E-state index is 0.204. The molecule has 0 heterocycles. The van der Waals surface area contributed by atoms with Gasteiger partial charge in [0.15, 0.2) is 0 Å². The third-order valence-electron chi connectivity index (χ3n) is 5.71. The summed E-state index contributed by atoms with van der Waals surface area (Å²) >= 11 is 0. The molecule has 3 aromatic carbocycles. The number of aliphatic carboxylic acids is 2. The first-order chi connectivity index (χ1) is 16.3. The van der Waals surface area contributed by atoms with Gasteiger partial charge < -0.3 is 15.5 Å². The minimum atomic E-state index is -1.30. The summed E-state index contributed by atoms with van der Waals surface area (Å²) in [5, 5.41) is 24.3. The van der Waals surface area contributed by atoms with Crippen LogP contribution in [0, 0.1) is 0 Å². The number of benzene rings is 3. The fraction of sp³-hybridized carbons (Fsp3) is 0.222. The molecule has 4 N–H and O–H groups in total. The van der Waals surface area contributed by atoms with E-state index in [-0.39, 0.29) is 12.8 Å². The van der Waals surface area contributed by atoms with Crippen LogP contribution < -0.4 is 10.6 Å². The van der Waals surface area contributed by atoms with Crippen molar-refractivity contribution in [2.45, 2.75) is 37.4 Å². The van der Waals surface area contributed by atoms with E-state index in [4.69, 9.17) is 5.11 Å². The third-order valence-corrected chi connectivity index (χ3v) is 5.71. The number of carboxylic acids is 2. The van der Waals surface area contributed by atoms with E-state index in [1.807, 2.05) is 91.0 Å². The lowest BCUT2D eigenvalue weighted by Crippen LogP contribution is -2.56. The lowest BCUT2D eigenvalue weighted by molar-refractivity contribution is -0.143. The molecule has 3 aromatic rings. The number of nitrogens with one attached hydrogen (secondary N) is 2. The Morgan fingerprint density at radius 3 is 1.53 bits per heavy atom. The number of hydrogen-bond donors (Lipinski definition) is 4. The number of carboxylic acid groups (broad SMARTS) is 2. The summed E-state index contributed by atoms with van der Waals surface area (Å²) in [7, 11) is 0. The number of rotatable bonds is 11. The lowest BCUT2D eigenvalue weighted by atomic mass is 9.76. The number of carbonyl (C=O) groups is 3. The van der Waals surface area contributed by atoms with E-state index in [0.717, 1.165) is 16.7 Å². The Kier molecular flexibility index (Phi) is 8.16. The summed E-state index contributed by atoms with van der Waals surface area (Å²) in [6.45, 7) is 1.66. The number of hydrogen-bond acceptors (Lipinski definition) is 4. The second-order valence-electron chi connectivity index (χ2n) is 8.05. The summed E-state index contributed by atoms with van der Waals surface area (Å²) in [5.41, 5.74) is 1.83. The number of carbonyl (C=O) groups excluding carboxylic acids is 1. The molecule has 0 unspecified atom stereocenters. The molecule has 0 radical (unpaired) electrons. The van der Waals surface area contributed by atoms with Crippen LogP contribution in [-0.4, -0.2) is 40.1 Å². The Morgan fingerprint density at radius 1 is 0.765 bits per heavy atom. The molecule has 0 aliphatic rings. The van der Waals surface area contributed by atoms with Crippen molar-refractivity contribution in [1.29, 1.82) is 0 Å². The predicted molar refractivity (Wildman–Crippen MR) is 128 cm³/mol. The quantitative estimate of drug-likeness (QED) is 0.326. The molecule has 7 heteroatoms. The van der Waals surface area contributed by atoms with Crippen molar-refractivity contribution in [3.8, 4) is 0 Å². The maximum Gasteiger partial charge on any atom is 0.326 e. The Bertz CT molecular complexity index is 1010. The highest BCUT2D eigenvalue weighted by molar-refractivity contribution is 5.87. The standard InChI is InChI=1S/C27H28N2O5/c1-19(25(32)28-23(26(33)34)17-18-24(30)31)29-27(20-11-5-2-6-12-20,21-13-7-3-8-14-21)22-15-9-4-10-16-22/h2-16,19,23,29H,17-18H2,1H3,(H,28,32)(H,30,31)(H,33,34)/t19-,23-/m0/s1. The van der Waals surface area contributed by atoms with Gasteiger partial charge in [0.05, 0.1) is 11.6 Å². The molecule has 0 saturated carbocycles. The Hall–Kier alpha value is -3.97. The van der Waals surface area contributed by atoms with Gasteiger partial charge >= 0.3 is 11.9 Å². The molecule has 0 aromatic heterocycles. The van der Waals surface area contributed by atoms with Gasteiger partial charge in [-0.05, 0) is 30.0 Å². The first-order valence-corrected chi connectivity index (χ1v) is 11.0. The van der Waals surface area contributed by atoms with Gasteiger partial charge in [-0.25, -0.2) is 4.79 Å². The SMILES string of the molecule is C[C@H](NC(c1ccccc1)(c1ccccc1)c1ccccc1)C(=O)N[C@@H](CCC(=O)O)C(=O)O. The van der Waals surface area contributed by atoms with Gasteiger partial charge in [-0.3, -0.25) is 14.9 Å². The molecule has 3 rings (SSSR count). The highest BCUT2D eigenvalue weighted by Crippen LogP contribution is 2.37. The van der Waals surface area contributed by atoms with Crippen LogP contribution in [-0.2, 0) is 19.9 Å². The van der Waals surface area contributed by atoms with Crippen LogP contribution in [0.3, 0.4) is 0 Å². The minimum Gasteiger partial charge on any atom is -0.481 e. The maximum absolute atomic E-state index is 13.1. The van der Waals surface area contributed by atoms with Gasteiger partial charge in [0.25, 0.3) is 0 Å². The highest BCUT2D eigenvalue weighted by atomic mass is 16.4. The van der Waals surface area contributed by atoms with E-state index < -0.39 is 35.5 Å². The second-order valence-corrected chi connectivity index (χ2v) is 8.05. The molecule has 2 atom stereocenters. The van der Waals surface area contributed by atoms with E-state index in [0.29, 0.717) is 0 Å². The molecule has 0 bridgehead atoms. The monoisotopic (exact) mass is 460 g/mol. The van der Waals surface area contributed by atoms with Crippen molar-refractivity contribution in [2.75, 3.05) is 0 Å². The van der Waals surface area contributed by atoms with Crippen LogP contribution in [0.5, 0.6) is 0 Å². The first kappa shape index (κ1) is 24.7. The molecule has 7 nitrogen and oxygen atoms in total. The summed E-state index contributed by atoms with van der Waals surface area (Å²) in [4.78, 5) is 35.6. The largest absolute Gasteiger partial charge is 0.481 e. The second kappa shape index (κ2) is 11.2. The van der Waals surface area contributed by atoms with E-state index in [1.54, 1.807) is 6.92 Å². The molecule has 0 saturated heterocycles. The van der Waals surface area contributed by atoms with Gasteiger partial charge in [0, 0.05) is 6.42 Å². The predicted octanol–water partition coefficient (Wildman–Crippen LogP) is 3.39. The molecule has 176 valence electrons. The van der Waals surface area contributed by atoms with Crippen molar-refractivity contribution < 1.29 is 24.6 Å². The van der Waals surface area contributed by atoms with Crippen LogP contribution in [0.25, 0.3) is 0 Å². The topological polar surface area (TPSA) is 116 Å². The van der Waals surface area contributed by atoms with Crippen LogP contribution in [0.2, 0.25) is 0 Å². The lowest BCUT2D eigenvalue weighted by Gasteiger charge is -2.39. The highest BCUT2D eigenvalue weighted by Gasteiger charge is 2.39. The number of amides is 1. The van der Waals surface area contributed by atoms with Gasteiger partial charge in [0.2, 0.25) is 5.91 Å². The Morgan fingerprint density at radius 2 is 1.18 bits per heavy atom. The molecule has 0 aliphatic carbocycles. The van der Waals surface area contributed by atoms with Crippen molar-refractivity contribution in [1.82, 2.24) is 10.6 Å². The average molecular weight is 461 g/mol. The summed E-state index contributed by atoms with van der Waals surface area (Å²) < 4.78 is 0. The average Bonchev–Trinajstić information content (AvgIpc) is 2.86. The summed E-state index contributed by atoms with van der Waals surface area (Å²) in [6, 6.07) is 27.1. The molecule has 0 aliphatic heterocycles. The third kappa shape index (κ3) is 5.68. The van der Waals surface area contributed by atoms with Crippen LogP contribution in [0.4, 0.5) is 0 Å². The van der Waals surface area contributed by atoms with Crippen molar-refractivity contribution in [3.63, 3.8) is 0 Å². The molecule has 0 fully saturated rings. The molecule has 34 heavy (non-hydrogen) atoms. The van der Waals surface area contributed by atoms with E-state index in [1.165, 1.54) is 0 Å². The van der Waals surface area contributed by atoms with Crippen molar-refractivity contribution >= 4 is 17.8 Å². The molecular weight excluding hydrogens is 432 g/mol. The normalized spacial score (nSPS) is 13.0. The molecule has 0 spiro atoms. The Labute approximate surface area is 198 Å². The molecular formula is C27H28N2O5. The fourth-order valence-electron chi connectivity index (χ4n) is 4.03. The zero-order chi connectivity index (χ0) is 24.6. The maximum atomic E-state index is 13.1. The smallest absolute Gasteiger partial charge is 0.326 e. The van der Waals surface area contributed by atoms with Crippen LogP contribution in [0.15, 0.2) is 91.0 Å². The van der Waals surface area contributed by atoms with Crippen molar-refractivity contribution in [3.05, 3.63) is 108 Å². The fourth-order valence-corrected chi connectivity index (χ4v) is 4.03. The van der Waals surface area contributed by atoms with Gasteiger partial charge in [-0.15, -0.1) is 0 Å². The van der Waals surface area contributed by atoms with Crippen LogP contribution >= 0.6 is 0 Å². The van der Waals surface area contributed by atoms with E-state index >= 15 is 0 Å². The first-order valence-electron chi connectivity index (χ1n) is 11.0.